The van der Waals surface area contributed by atoms with Gasteiger partial charge in [0, 0.05) is 13.1 Å². The topological polar surface area (TPSA) is 41.6 Å². The summed E-state index contributed by atoms with van der Waals surface area (Å²) in [5.41, 5.74) is 0. The Morgan fingerprint density at radius 3 is 2.80 bits per heavy atom. The fraction of sp³-hybridized carbons (Fsp3) is 0.909. The van der Waals surface area contributed by atoms with Gasteiger partial charge in [-0.3, -0.25) is 4.79 Å². The normalized spacial score (nSPS) is 28.5. The maximum absolute atomic E-state index is 12.1. The SMILES string of the molecule is O=C([C@H]1CCCCCN1)N1CCOCC1. The van der Waals surface area contributed by atoms with Crippen LogP contribution in [0.15, 0.2) is 0 Å². The van der Waals surface area contributed by atoms with Crippen LogP contribution in [0.2, 0.25) is 0 Å². The molecule has 2 heterocycles. The van der Waals surface area contributed by atoms with Crippen molar-refractivity contribution in [3.05, 3.63) is 0 Å². The molecule has 0 aromatic heterocycles. The van der Waals surface area contributed by atoms with Crippen LogP contribution in [-0.2, 0) is 9.53 Å². The van der Waals surface area contributed by atoms with Crippen LogP contribution in [0, 0.1) is 0 Å². The summed E-state index contributed by atoms with van der Waals surface area (Å²) in [6.07, 6.45) is 4.62. The van der Waals surface area contributed by atoms with Crippen LogP contribution in [0.4, 0.5) is 0 Å². The summed E-state index contributed by atoms with van der Waals surface area (Å²) in [5.74, 6) is 0.278. The van der Waals surface area contributed by atoms with Gasteiger partial charge in [-0.2, -0.15) is 0 Å². The zero-order chi connectivity index (χ0) is 10.5. The minimum atomic E-state index is 0.0607. The van der Waals surface area contributed by atoms with E-state index in [1.807, 2.05) is 4.90 Å². The van der Waals surface area contributed by atoms with E-state index in [1.165, 1.54) is 19.3 Å². The molecule has 0 aromatic rings. The van der Waals surface area contributed by atoms with E-state index in [0.717, 1.165) is 26.1 Å². The summed E-state index contributed by atoms with van der Waals surface area (Å²) in [6.45, 7) is 3.89. The molecule has 0 unspecified atom stereocenters. The highest BCUT2D eigenvalue weighted by Gasteiger charge is 2.25. The fourth-order valence-electron chi connectivity index (χ4n) is 2.24. The fourth-order valence-corrected chi connectivity index (χ4v) is 2.24. The average molecular weight is 212 g/mol. The molecule has 15 heavy (non-hydrogen) atoms. The Morgan fingerprint density at radius 1 is 1.20 bits per heavy atom. The van der Waals surface area contributed by atoms with Crippen LogP contribution in [-0.4, -0.2) is 49.7 Å². The van der Waals surface area contributed by atoms with E-state index in [4.69, 9.17) is 4.74 Å². The molecule has 0 aliphatic carbocycles. The van der Waals surface area contributed by atoms with E-state index in [-0.39, 0.29) is 11.9 Å². The first-order chi connectivity index (χ1) is 7.38. The molecule has 4 nitrogen and oxygen atoms in total. The number of nitrogens with one attached hydrogen (secondary N) is 1. The molecule has 2 rings (SSSR count). The van der Waals surface area contributed by atoms with Gasteiger partial charge in [-0.1, -0.05) is 12.8 Å². The van der Waals surface area contributed by atoms with Crippen LogP contribution in [0.5, 0.6) is 0 Å². The number of amides is 1. The van der Waals surface area contributed by atoms with Crippen molar-refractivity contribution in [2.24, 2.45) is 0 Å². The third kappa shape index (κ3) is 2.92. The quantitative estimate of drug-likeness (QED) is 0.683. The third-order valence-electron chi connectivity index (χ3n) is 3.18. The Hall–Kier alpha value is -0.610. The Kier molecular flexibility index (Phi) is 3.97. The molecule has 2 fully saturated rings. The molecule has 86 valence electrons. The number of carbonyl (C=O) groups is 1. The summed E-state index contributed by atoms with van der Waals surface area (Å²) < 4.78 is 5.25. The van der Waals surface area contributed by atoms with Crippen LogP contribution in [0.3, 0.4) is 0 Å². The molecule has 2 saturated heterocycles. The van der Waals surface area contributed by atoms with Gasteiger partial charge in [-0.25, -0.2) is 0 Å². The summed E-state index contributed by atoms with van der Waals surface area (Å²) in [7, 11) is 0. The van der Waals surface area contributed by atoms with Gasteiger partial charge in [0.05, 0.1) is 19.3 Å². The summed E-state index contributed by atoms with van der Waals surface area (Å²) in [4.78, 5) is 14.1. The molecule has 2 aliphatic rings. The van der Waals surface area contributed by atoms with Crippen molar-refractivity contribution < 1.29 is 9.53 Å². The van der Waals surface area contributed by atoms with E-state index in [1.54, 1.807) is 0 Å². The van der Waals surface area contributed by atoms with E-state index in [9.17, 15) is 4.79 Å². The lowest BCUT2D eigenvalue weighted by atomic mass is 10.1. The number of morpholine rings is 1. The molecule has 0 aromatic carbocycles. The van der Waals surface area contributed by atoms with Gasteiger partial charge in [-0.05, 0) is 19.4 Å². The largest absolute Gasteiger partial charge is 0.378 e. The number of rotatable bonds is 1. The zero-order valence-corrected chi connectivity index (χ0v) is 9.21. The van der Waals surface area contributed by atoms with Crippen molar-refractivity contribution >= 4 is 5.91 Å². The minimum absolute atomic E-state index is 0.0607. The molecule has 1 amide bonds. The predicted octanol–water partition coefficient (Wildman–Crippen LogP) is 0.377. The molecule has 1 N–H and O–H groups in total. The van der Waals surface area contributed by atoms with Crippen molar-refractivity contribution in [1.82, 2.24) is 10.2 Å². The van der Waals surface area contributed by atoms with Gasteiger partial charge < -0.3 is 15.0 Å². The monoisotopic (exact) mass is 212 g/mol. The second-order valence-electron chi connectivity index (χ2n) is 4.29. The lowest BCUT2D eigenvalue weighted by Crippen LogP contribution is -2.50. The van der Waals surface area contributed by atoms with Crippen LogP contribution in [0.1, 0.15) is 25.7 Å². The molecule has 0 bridgehead atoms. The Bertz CT molecular complexity index is 207. The molecule has 0 saturated carbocycles. The third-order valence-corrected chi connectivity index (χ3v) is 3.18. The van der Waals surface area contributed by atoms with Crippen LogP contribution in [0.25, 0.3) is 0 Å². The lowest BCUT2D eigenvalue weighted by molar-refractivity contribution is -0.137. The van der Waals surface area contributed by atoms with Gasteiger partial charge in [0.2, 0.25) is 5.91 Å². The van der Waals surface area contributed by atoms with E-state index in [0.29, 0.717) is 13.2 Å². The van der Waals surface area contributed by atoms with Gasteiger partial charge in [-0.15, -0.1) is 0 Å². The first kappa shape index (κ1) is 10.9. The maximum atomic E-state index is 12.1. The molecule has 4 heteroatoms. The Balaban J connectivity index is 1.87. The molecular weight excluding hydrogens is 192 g/mol. The van der Waals surface area contributed by atoms with E-state index >= 15 is 0 Å². The van der Waals surface area contributed by atoms with Crippen molar-refractivity contribution in [1.29, 1.82) is 0 Å². The highest BCUT2D eigenvalue weighted by molar-refractivity contribution is 5.82. The Morgan fingerprint density at radius 2 is 2.00 bits per heavy atom. The van der Waals surface area contributed by atoms with Gasteiger partial charge in [0.25, 0.3) is 0 Å². The number of carbonyl (C=O) groups excluding carboxylic acids is 1. The number of ether oxygens (including phenoxy) is 1. The number of hydrogen-bond donors (Lipinski definition) is 1. The number of hydrogen-bond acceptors (Lipinski definition) is 3. The summed E-state index contributed by atoms with van der Waals surface area (Å²) in [6, 6.07) is 0.0607. The highest BCUT2D eigenvalue weighted by Crippen LogP contribution is 2.11. The second kappa shape index (κ2) is 5.47. The van der Waals surface area contributed by atoms with Crippen molar-refractivity contribution in [3.8, 4) is 0 Å². The smallest absolute Gasteiger partial charge is 0.239 e. The Labute approximate surface area is 91.0 Å². The first-order valence-corrected chi connectivity index (χ1v) is 5.98. The van der Waals surface area contributed by atoms with Gasteiger partial charge >= 0.3 is 0 Å². The van der Waals surface area contributed by atoms with E-state index < -0.39 is 0 Å². The average Bonchev–Trinajstić information content (AvgIpc) is 2.58. The standard InChI is InChI=1S/C11H20N2O2/c14-11(13-6-8-15-9-7-13)10-4-2-1-3-5-12-10/h10,12H,1-9H2/t10-/m1/s1. The lowest BCUT2D eigenvalue weighted by Gasteiger charge is -2.30. The first-order valence-electron chi connectivity index (χ1n) is 5.98. The van der Waals surface area contributed by atoms with Crippen molar-refractivity contribution in [3.63, 3.8) is 0 Å². The number of nitrogens with zero attached hydrogens (tertiary/aromatic N) is 1. The molecular formula is C11H20N2O2. The summed E-state index contributed by atoms with van der Waals surface area (Å²) in [5, 5.41) is 3.35. The molecule has 1 atom stereocenters. The van der Waals surface area contributed by atoms with Crippen molar-refractivity contribution in [2.45, 2.75) is 31.7 Å². The molecule has 2 aliphatic heterocycles. The van der Waals surface area contributed by atoms with Crippen LogP contribution < -0.4 is 5.32 Å². The van der Waals surface area contributed by atoms with E-state index in [2.05, 4.69) is 5.32 Å². The maximum Gasteiger partial charge on any atom is 0.239 e. The molecule has 0 spiro atoms. The summed E-state index contributed by atoms with van der Waals surface area (Å²) >= 11 is 0. The zero-order valence-electron chi connectivity index (χ0n) is 9.21. The molecule has 0 radical (unpaired) electrons. The second-order valence-corrected chi connectivity index (χ2v) is 4.29. The van der Waals surface area contributed by atoms with Gasteiger partial charge in [0.1, 0.15) is 0 Å². The van der Waals surface area contributed by atoms with Gasteiger partial charge in [0.15, 0.2) is 0 Å². The highest BCUT2D eigenvalue weighted by atomic mass is 16.5. The minimum Gasteiger partial charge on any atom is -0.378 e. The van der Waals surface area contributed by atoms with Crippen LogP contribution >= 0.6 is 0 Å². The van der Waals surface area contributed by atoms with Crippen molar-refractivity contribution in [2.75, 3.05) is 32.8 Å². The predicted molar refractivity (Wildman–Crippen MR) is 57.7 cm³/mol.